The molecule has 3 aromatic heterocycles. The van der Waals surface area contributed by atoms with Crippen molar-refractivity contribution < 1.29 is 13.2 Å². The fourth-order valence-corrected chi connectivity index (χ4v) is 4.34. The third-order valence-corrected chi connectivity index (χ3v) is 5.96. The lowest BCUT2D eigenvalue weighted by atomic mass is 10.00. The minimum absolute atomic E-state index is 0.124. The van der Waals surface area contributed by atoms with Crippen LogP contribution in [0.3, 0.4) is 0 Å². The van der Waals surface area contributed by atoms with Crippen LogP contribution < -0.4 is 5.32 Å². The lowest BCUT2D eigenvalue weighted by Gasteiger charge is -2.10. The van der Waals surface area contributed by atoms with Crippen molar-refractivity contribution in [2.75, 3.05) is 5.32 Å². The van der Waals surface area contributed by atoms with E-state index in [0.717, 1.165) is 34.0 Å². The molecule has 168 valence electrons. The van der Waals surface area contributed by atoms with Crippen LogP contribution in [0, 0.1) is 12.7 Å². The largest absolute Gasteiger partial charge is 0.324 e. The Morgan fingerprint density at radius 3 is 2.59 bits per heavy atom. The van der Waals surface area contributed by atoms with E-state index in [1.807, 2.05) is 25.1 Å². The molecule has 3 aromatic carbocycles. The van der Waals surface area contributed by atoms with Gasteiger partial charge in [-0.1, -0.05) is 23.8 Å². The van der Waals surface area contributed by atoms with Crippen molar-refractivity contribution in [3.05, 3.63) is 83.9 Å². The van der Waals surface area contributed by atoms with E-state index in [1.165, 1.54) is 28.9 Å². The Bertz CT molecular complexity index is 1750. The molecule has 0 spiro atoms. The van der Waals surface area contributed by atoms with E-state index in [4.69, 9.17) is 4.98 Å². The van der Waals surface area contributed by atoms with Gasteiger partial charge < -0.3 is 5.32 Å². The fourth-order valence-electron chi connectivity index (χ4n) is 4.34. The summed E-state index contributed by atoms with van der Waals surface area (Å²) in [5, 5.41) is 11.1. The van der Waals surface area contributed by atoms with Gasteiger partial charge in [0.25, 0.3) is 5.92 Å². The number of hydrogen-bond acceptors (Lipinski definition) is 4. The van der Waals surface area contributed by atoms with Crippen molar-refractivity contribution in [3.8, 4) is 0 Å². The number of nitrogens with one attached hydrogen (secondary N) is 1. The van der Waals surface area contributed by atoms with Gasteiger partial charge >= 0.3 is 0 Å². The fraction of sp³-hybridized carbons (Fsp3) is 0.115. The zero-order chi connectivity index (χ0) is 23.6. The van der Waals surface area contributed by atoms with Gasteiger partial charge in [0, 0.05) is 41.3 Å². The number of pyridine rings is 1. The number of fused-ring (bicyclic) bond motifs is 8. The van der Waals surface area contributed by atoms with Crippen LogP contribution in [0.5, 0.6) is 0 Å². The van der Waals surface area contributed by atoms with Crippen LogP contribution in [0.4, 0.5) is 24.8 Å². The molecule has 34 heavy (non-hydrogen) atoms. The van der Waals surface area contributed by atoms with Crippen LogP contribution in [0.1, 0.15) is 18.1 Å². The first-order valence-corrected chi connectivity index (χ1v) is 10.7. The summed E-state index contributed by atoms with van der Waals surface area (Å²) in [6.45, 7) is 2.85. The molecule has 0 aliphatic heterocycles. The third-order valence-electron chi connectivity index (χ3n) is 5.96. The standard InChI is InChI=1S/C26H18F3N5/c1-14-6-8-18-19(10-14)24-22(21-9-7-15(26(2,28)29)13-34(21)33-24)23-20(18)12-30-25(32-23)31-17-5-3-4-16(27)11-17/h3-13H,1-2H3,(H,30,31,32). The number of benzene rings is 3. The van der Waals surface area contributed by atoms with Crippen LogP contribution in [0.2, 0.25) is 0 Å². The summed E-state index contributed by atoms with van der Waals surface area (Å²) in [5.74, 6) is -3.07. The van der Waals surface area contributed by atoms with Gasteiger partial charge in [0.15, 0.2) is 0 Å². The number of nitrogens with zero attached hydrogens (tertiary/aromatic N) is 4. The molecule has 0 radical (unpaired) electrons. The Balaban J connectivity index is 1.69. The van der Waals surface area contributed by atoms with Gasteiger partial charge in [-0.15, -0.1) is 0 Å². The quantitative estimate of drug-likeness (QED) is 0.294. The number of aromatic nitrogens is 4. The maximum Gasteiger partial charge on any atom is 0.272 e. The monoisotopic (exact) mass is 457 g/mol. The van der Waals surface area contributed by atoms with Crippen LogP contribution >= 0.6 is 0 Å². The maximum absolute atomic E-state index is 14.0. The van der Waals surface area contributed by atoms with Crippen LogP contribution in [0.15, 0.2) is 67.0 Å². The molecule has 6 aromatic rings. The summed E-state index contributed by atoms with van der Waals surface area (Å²) in [4.78, 5) is 9.20. The molecule has 0 aliphatic carbocycles. The van der Waals surface area contributed by atoms with Crippen molar-refractivity contribution in [1.29, 1.82) is 0 Å². The molecule has 0 saturated carbocycles. The highest BCUT2D eigenvalue weighted by Crippen LogP contribution is 2.37. The minimum Gasteiger partial charge on any atom is -0.324 e. The second kappa shape index (κ2) is 7.15. The number of alkyl halides is 2. The van der Waals surface area contributed by atoms with Gasteiger partial charge in [-0.25, -0.2) is 27.7 Å². The zero-order valence-corrected chi connectivity index (χ0v) is 18.3. The first kappa shape index (κ1) is 20.4. The Morgan fingerprint density at radius 1 is 0.941 bits per heavy atom. The van der Waals surface area contributed by atoms with Gasteiger partial charge in [0.1, 0.15) is 11.3 Å². The summed E-state index contributed by atoms with van der Waals surface area (Å²) in [6, 6.07) is 15.1. The van der Waals surface area contributed by atoms with Crippen LogP contribution in [-0.2, 0) is 5.92 Å². The second-order valence-electron chi connectivity index (χ2n) is 8.50. The molecule has 6 rings (SSSR count). The molecular formula is C26H18F3N5. The highest BCUT2D eigenvalue weighted by Gasteiger charge is 2.26. The SMILES string of the molecule is Cc1ccc2c3cnc(Nc4cccc(F)c4)nc3c3c(nn4cc(C(C)(F)F)ccc34)c2c1. The van der Waals surface area contributed by atoms with E-state index in [-0.39, 0.29) is 11.4 Å². The molecule has 0 bridgehead atoms. The van der Waals surface area contributed by atoms with Gasteiger partial charge in [-0.2, -0.15) is 5.10 Å². The topological polar surface area (TPSA) is 55.1 Å². The van der Waals surface area contributed by atoms with Crippen LogP contribution in [0.25, 0.3) is 38.1 Å². The van der Waals surface area contributed by atoms with E-state index in [0.29, 0.717) is 28.2 Å². The summed E-state index contributed by atoms with van der Waals surface area (Å²) >= 11 is 0. The molecule has 0 fully saturated rings. The summed E-state index contributed by atoms with van der Waals surface area (Å²) < 4.78 is 43.1. The third kappa shape index (κ3) is 3.22. The molecule has 1 N–H and O–H groups in total. The minimum atomic E-state index is -2.99. The molecule has 5 nitrogen and oxygen atoms in total. The average Bonchev–Trinajstić information content (AvgIpc) is 3.18. The molecular weight excluding hydrogens is 439 g/mol. The molecule has 0 unspecified atom stereocenters. The van der Waals surface area contributed by atoms with E-state index in [9.17, 15) is 13.2 Å². The van der Waals surface area contributed by atoms with Crippen molar-refractivity contribution in [1.82, 2.24) is 19.6 Å². The van der Waals surface area contributed by atoms with Gasteiger partial charge in [0.2, 0.25) is 5.95 Å². The van der Waals surface area contributed by atoms with E-state index < -0.39 is 5.92 Å². The Morgan fingerprint density at radius 2 is 1.79 bits per heavy atom. The number of hydrogen-bond donors (Lipinski definition) is 1. The lowest BCUT2D eigenvalue weighted by molar-refractivity contribution is 0.0170. The molecule has 0 amide bonds. The van der Waals surface area contributed by atoms with E-state index >= 15 is 0 Å². The number of halogens is 3. The number of aryl methyl sites for hydroxylation is 1. The molecule has 0 aliphatic rings. The van der Waals surface area contributed by atoms with Gasteiger partial charge in [-0.05, 0) is 48.7 Å². The van der Waals surface area contributed by atoms with Crippen LogP contribution in [-0.4, -0.2) is 19.6 Å². The number of anilines is 2. The highest BCUT2D eigenvalue weighted by atomic mass is 19.3. The maximum atomic E-state index is 14.0. The highest BCUT2D eigenvalue weighted by molar-refractivity contribution is 6.26. The van der Waals surface area contributed by atoms with Gasteiger partial charge in [0.05, 0.1) is 16.4 Å². The first-order chi connectivity index (χ1) is 16.3. The summed E-state index contributed by atoms with van der Waals surface area (Å²) in [6.07, 6.45) is 3.08. The Kier molecular flexibility index (Phi) is 4.29. The zero-order valence-electron chi connectivity index (χ0n) is 18.3. The Hall–Kier alpha value is -4.20. The molecule has 0 saturated heterocycles. The van der Waals surface area contributed by atoms with Crippen molar-refractivity contribution >= 4 is 49.7 Å². The van der Waals surface area contributed by atoms with E-state index in [2.05, 4.69) is 15.4 Å². The molecule has 8 heteroatoms. The van der Waals surface area contributed by atoms with E-state index in [1.54, 1.807) is 24.4 Å². The van der Waals surface area contributed by atoms with Crippen molar-refractivity contribution in [3.63, 3.8) is 0 Å². The normalized spacial score (nSPS) is 12.3. The Labute approximate surface area is 191 Å². The predicted molar refractivity (Wildman–Crippen MR) is 127 cm³/mol. The van der Waals surface area contributed by atoms with Gasteiger partial charge in [-0.3, -0.25) is 0 Å². The molecule has 0 atom stereocenters. The van der Waals surface area contributed by atoms with Crippen molar-refractivity contribution in [2.45, 2.75) is 19.8 Å². The lowest BCUT2D eigenvalue weighted by Crippen LogP contribution is -2.08. The molecule has 3 heterocycles. The summed E-state index contributed by atoms with van der Waals surface area (Å²) in [7, 11) is 0. The predicted octanol–water partition coefficient (Wildman–Crippen LogP) is 6.89. The number of rotatable bonds is 3. The smallest absolute Gasteiger partial charge is 0.272 e. The van der Waals surface area contributed by atoms with Crippen molar-refractivity contribution in [2.24, 2.45) is 0 Å². The second-order valence-corrected chi connectivity index (χ2v) is 8.50. The average molecular weight is 457 g/mol. The summed E-state index contributed by atoms with van der Waals surface area (Å²) in [5.41, 5.74) is 3.40. The first-order valence-electron chi connectivity index (χ1n) is 10.7.